The van der Waals surface area contributed by atoms with Gasteiger partial charge in [0.05, 0.1) is 0 Å². The molecule has 0 amide bonds. The molecule has 0 spiro atoms. The second-order valence-corrected chi connectivity index (χ2v) is 2.72. The molecular weight excluding hydrogens is 180 g/mol. The van der Waals surface area contributed by atoms with E-state index in [1.54, 1.807) is 6.92 Å². The van der Waals surface area contributed by atoms with Gasteiger partial charge in [0.25, 0.3) is 0 Å². The highest BCUT2D eigenvalue weighted by Crippen LogP contribution is 2.08. The van der Waals surface area contributed by atoms with Crippen molar-refractivity contribution in [2.24, 2.45) is 0 Å². The van der Waals surface area contributed by atoms with Crippen LogP contribution in [0.5, 0.6) is 0 Å². The van der Waals surface area contributed by atoms with Gasteiger partial charge in [-0.1, -0.05) is 0 Å². The first-order valence-electron chi connectivity index (χ1n) is 3.80. The molecule has 1 unspecified atom stereocenters. The fourth-order valence-corrected chi connectivity index (χ4v) is 0.885. The number of nitrogens with two attached hydrogens (primary N) is 1. The van der Waals surface area contributed by atoms with Crippen molar-refractivity contribution >= 4 is 11.9 Å². The Hall–Kier alpha value is -1.40. The average molecular weight is 191 g/mol. The Bertz CT molecular complexity index is 261. The van der Waals surface area contributed by atoms with Gasteiger partial charge < -0.3 is 11.1 Å². The molecule has 0 radical (unpaired) electrons. The van der Waals surface area contributed by atoms with Crippen LogP contribution < -0.4 is 11.1 Å². The lowest BCUT2D eigenvalue weighted by Crippen LogP contribution is -2.19. The standard InChI is InChI=1S/C6H11F2N5/c1-3(2-4(7)8)10-6-11-5(9)12-13-6/h3-4H,2H2,1H3,(H4,9,10,11,12,13). The normalized spacial score (nSPS) is 13.2. The molecule has 1 heterocycles. The van der Waals surface area contributed by atoms with Crippen LogP contribution in [0.25, 0.3) is 0 Å². The monoisotopic (exact) mass is 191 g/mol. The van der Waals surface area contributed by atoms with Crippen molar-refractivity contribution in [2.45, 2.75) is 25.8 Å². The summed E-state index contributed by atoms with van der Waals surface area (Å²) in [6, 6.07) is -0.379. The fraction of sp³-hybridized carbons (Fsp3) is 0.667. The van der Waals surface area contributed by atoms with E-state index in [0.717, 1.165) is 0 Å². The number of halogens is 2. The fourth-order valence-electron chi connectivity index (χ4n) is 0.885. The van der Waals surface area contributed by atoms with Crippen LogP contribution in [0.15, 0.2) is 0 Å². The number of nitrogens with one attached hydrogen (secondary N) is 2. The van der Waals surface area contributed by atoms with Crippen molar-refractivity contribution in [1.82, 2.24) is 15.2 Å². The van der Waals surface area contributed by atoms with Gasteiger partial charge >= 0.3 is 0 Å². The zero-order valence-corrected chi connectivity index (χ0v) is 7.09. The molecular formula is C6H11F2N5. The van der Waals surface area contributed by atoms with E-state index >= 15 is 0 Å². The van der Waals surface area contributed by atoms with Crippen LogP contribution in [-0.2, 0) is 0 Å². The van der Waals surface area contributed by atoms with E-state index < -0.39 is 6.43 Å². The molecule has 74 valence electrons. The molecule has 0 fully saturated rings. The molecule has 0 aliphatic carbocycles. The number of aromatic nitrogens is 3. The van der Waals surface area contributed by atoms with E-state index in [-0.39, 0.29) is 24.4 Å². The van der Waals surface area contributed by atoms with Gasteiger partial charge in [-0.05, 0) is 6.92 Å². The van der Waals surface area contributed by atoms with Gasteiger partial charge in [0, 0.05) is 12.5 Å². The van der Waals surface area contributed by atoms with Gasteiger partial charge in [-0.3, -0.25) is 0 Å². The smallest absolute Gasteiger partial charge is 0.243 e. The summed E-state index contributed by atoms with van der Waals surface area (Å²) in [4.78, 5) is 3.71. The molecule has 0 saturated carbocycles. The van der Waals surface area contributed by atoms with Gasteiger partial charge in [-0.15, -0.1) is 5.10 Å². The van der Waals surface area contributed by atoms with E-state index in [0.29, 0.717) is 0 Å². The van der Waals surface area contributed by atoms with Crippen LogP contribution in [0, 0.1) is 0 Å². The molecule has 13 heavy (non-hydrogen) atoms. The van der Waals surface area contributed by atoms with Crippen molar-refractivity contribution in [3.05, 3.63) is 0 Å². The predicted molar refractivity (Wildman–Crippen MR) is 44.5 cm³/mol. The number of anilines is 2. The number of nitrogens with zero attached hydrogens (tertiary/aromatic N) is 2. The molecule has 1 rings (SSSR count). The number of nitrogen functional groups attached to an aromatic ring is 1. The minimum absolute atomic E-state index is 0.159. The highest BCUT2D eigenvalue weighted by molar-refractivity contribution is 5.30. The first-order valence-corrected chi connectivity index (χ1v) is 3.80. The molecule has 4 N–H and O–H groups in total. The van der Waals surface area contributed by atoms with Crippen LogP contribution in [0.1, 0.15) is 13.3 Å². The van der Waals surface area contributed by atoms with E-state index in [1.807, 2.05) is 0 Å². The number of H-pyrrole nitrogens is 1. The van der Waals surface area contributed by atoms with E-state index in [2.05, 4.69) is 20.5 Å². The van der Waals surface area contributed by atoms with Crippen LogP contribution >= 0.6 is 0 Å². The van der Waals surface area contributed by atoms with Crippen LogP contribution in [0.4, 0.5) is 20.7 Å². The quantitative estimate of drug-likeness (QED) is 0.658. The van der Waals surface area contributed by atoms with Gasteiger partial charge in [0.2, 0.25) is 18.3 Å². The lowest BCUT2D eigenvalue weighted by atomic mass is 10.2. The van der Waals surface area contributed by atoms with E-state index in [1.165, 1.54) is 0 Å². The maximum atomic E-state index is 11.9. The van der Waals surface area contributed by atoms with Gasteiger partial charge in [-0.2, -0.15) is 4.98 Å². The van der Waals surface area contributed by atoms with Crippen molar-refractivity contribution < 1.29 is 8.78 Å². The third kappa shape index (κ3) is 3.22. The topological polar surface area (TPSA) is 79.6 Å². The molecule has 0 bridgehead atoms. The lowest BCUT2D eigenvalue weighted by Gasteiger charge is -2.10. The highest BCUT2D eigenvalue weighted by atomic mass is 19.3. The second-order valence-electron chi connectivity index (χ2n) is 2.72. The Labute approximate surface area is 73.7 Å². The molecule has 1 aromatic rings. The molecule has 0 saturated heterocycles. The minimum atomic E-state index is -2.33. The molecule has 0 aliphatic rings. The number of hydrogen-bond donors (Lipinski definition) is 3. The zero-order valence-electron chi connectivity index (χ0n) is 7.09. The summed E-state index contributed by atoms with van der Waals surface area (Å²) >= 11 is 0. The Kier molecular flexibility index (Phi) is 2.99. The maximum Gasteiger partial charge on any atom is 0.243 e. The first-order chi connectivity index (χ1) is 6.08. The predicted octanol–water partition coefficient (Wildman–Crippen LogP) is 0.843. The van der Waals surface area contributed by atoms with Crippen molar-refractivity contribution in [2.75, 3.05) is 11.1 Å². The van der Waals surface area contributed by atoms with E-state index in [9.17, 15) is 8.78 Å². The summed E-state index contributed by atoms with van der Waals surface area (Å²) in [7, 11) is 0. The highest BCUT2D eigenvalue weighted by Gasteiger charge is 2.11. The van der Waals surface area contributed by atoms with Crippen LogP contribution in [0.2, 0.25) is 0 Å². The Balaban J connectivity index is 2.40. The van der Waals surface area contributed by atoms with Crippen molar-refractivity contribution in [3.8, 4) is 0 Å². The third-order valence-electron chi connectivity index (χ3n) is 1.41. The summed E-state index contributed by atoms with van der Waals surface area (Å²) in [5, 5.41) is 8.72. The Morgan fingerprint density at radius 2 is 2.31 bits per heavy atom. The average Bonchev–Trinajstić information content (AvgIpc) is 2.33. The minimum Gasteiger partial charge on any atom is -0.368 e. The van der Waals surface area contributed by atoms with Crippen molar-refractivity contribution in [3.63, 3.8) is 0 Å². The maximum absolute atomic E-state index is 11.9. The van der Waals surface area contributed by atoms with Gasteiger partial charge in [0.15, 0.2) is 0 Å². The summed E-state index contributed by atoms with van der Waals surface area (Å²) in [6.45, 7) is 1.62. The molecule has 7 heteroatoms. The molecule has 1 atom stereocenters. The van der Waals surface area contributed by atoms with Gasteiger partial charge in [-0.25, -0.2) is 13.9 Å². The number of alkyl halides is 2. The lowest BCUT2D eigenvalue weighted by molar-refractivity contribution is 0.133. The van der Waals surface area contributed by atoms with E-state index in [4.69, 9.17) is 5.73 Å². The summed E-state index contributed by atoms with van der Waals surface area (Å²) < 4.78 is 23.8. The largest absolute Gasteiger partial charge is 0.368 e. The van der Waals surface area contributed by atoms with Crippen LogP contribution in [0.3, 0.4) is 0 Å². The van der Waals surface area contributed by atoms with Gasteiger partial charge in [0.1, 0.15) is 0 Å². The van der Waals surface area contributed by atoms with Crippen molar-refractivity contribution in [1.29, 1.82) is 0 Å². The number of rotatable bonds is 4. The molecule has 5 nitrogen and oxygen atoms in total. The second kappa shape index (κ2) is 4.01. The Morgan fingerprint density at radius 1 is 1.62 bits per heavy atom. The first kappa shape index (κ1) is 9.69. The summed E-state index contributed by atoms with van der Waals surface area (Å²) in [5.41, 5.74) is 5.24. The third-order valence-corrected chi connectivity index (χ3v) is 1.41. The summed E-state index contributed by atoms with van der Waals surface area (Å²) in [6.07, 6.45) is -2.58. The molecule has 0 aliphatic heterocycles. The zero-order chi connectivity index (χ0) is 9.84. The SMILES string of the molecule is CC(CC(F)F)Nc1n[nH]c(N)n1. The molecule has 0 aromatic carbocycles. The number of aromatic amines is 1. The Morgan fingerprint density at radius 3 is 2.77 bits per heavy atom. The molecule has 1 aromatic heterocycles. The number of hydrogen-bond acceptors (Lipinski definition) is 4. The summed E-state index contributed by atoms with van der Waals surface area (Å²) in [5.74, 6) is 0.400. The van der Waals surface area contributed by atoms with Crippen LogP contribution in [-0.4, -0.2) is 27.6 Å².